The fourth-order valence-corrected chi connectivity index (χ4v) is 1.90. The third kappa shape index (κ3) is 3.11. The Kier molecular flexibility index (Phi) is 5.25. The van der Waals surface area contributed by atoms with Gasteiger partial charge in [-0.2, -0.15) is 0 Å². The first-order valence-electron chi connectivity index (χ1n) is 5.85. The highest BCUT2D eigenvalue weighted by molar-refractivity contribution is 5.43. The second-order valence-corrected chi connectivity index (χ2v) is 4.04. The Balaban J connectivity index is 2.98. The maximum atomic E-state index is 6.20. The number of hydrogen-bond donors (Lipinski definition) is 2. The van der Waals surface area contributed by atoms with Gasteiger partial charge in [0.1, 0.15) is 0 Å². The lowest BCUT2D eigenvalue weighted by Gasteiger charge is -2.22. The third-order valence-corrected chi connectivity index (χ3v) is 3.13. The minimum absolute atomic E-state index is 0.0650. The van der Waals surface area contributed by atoms with E-state index in [1.54, 1.807) is 14.2 Å². The molecule has 1 aromatic carbocycles. The fraction of sp³-hybridized carbons (Fsp3) is 0.538. The molecule has 0 saturated heterocycles. The Labute approximate surface area is 103 Å². The van der Waals surface area contributed by atoms with Crippen LogP contribution in [0.1, 0.15) is 24.9 Å². The van der Waals surface area contributed by atoms with Crippen LogP contribution in [0.3, 0.4) is 0 Å². The van der Waals surface area contributed by atoms with Crippen LogP contribution in [0.5, 0.6) is 11.5 Å². The second-order valence-electron chi connectivity index (χ2n) is 4.04. The molecule has 4 nitrogen and oxygen atoms in total. The molecule has 0 aliphatic carbocycles. The molecular formula is C13H22N2O2. The molecule has 0 aliphatic heterocycles. The average molecular weight is 238 g/mol. The topological polar surface area (TPSA) is 70.5 Å². The first-order valence-corrected chi connectivity index (χ1v) is 5.85. The summed E-state index contributed by atoms with van der Waals surface area (Å²) in [6.07, 6.45) is 0.964. The number of ether oxygens (including phenoxy) is 2. The van der Waals surface area contributed by atoms with Crippen LogP contribution in [-0.4, -0.2) is 20.8 Å². The monoisotopic (exact) mass is 238 g/mol. The van der Waals surface area contributed by atoms with Gasteiger partial charge in [0.15, 0.2) is 11.5 Å². The highest BCUT2D eigenvalue weighted by Gasteiger charge is 2.17. The van der Waals surface area contributed by atoms with E-state index in [1.807, 2.05) is 18.2 Å². The molecule has 17 heavy (non-hydrogen) atoms. The minimum Gasteiger partial charge on any atom is -0.493 e. The maximum Gasteiger partial charge on any atom is 0.161 e. The molecule has 0 radical (unpaired) electrons. The maximum absolute atomic E-state index is 6.20. The van der Waals surface area contributed by atoms with Crippen molar-refractivity contribution in [3.63, 3.8) is 0 Å². The van der Waals surface area contributed by atoms with Crippen molar-refractivity contribution < 1.29 is 9.47 Å². The van der Waals surface area contributed by atoms with Gasteiger partial charge in [0, 0.05) is 6.04 Å². The predicted molar refractivity (Wildman–Crippen MR) is 69.3 cm³/mol. The van der Waals surface area contributed by atoms with Crippen molar-refractivity contribution in [3.8, 4) is 11.5 Å². The van der Waals surface area contributed by atoms with Crippen molar-refractivity contribution in [2.45, 2.75) is 19.4 Å². The zero-order valence-electron chi connectivity index (χ0n) is 10.8. The summed E-state index contributed by atoms with van der Waals surface area (Å²) >= 11 is 0. The van der Waals surface area contributed by atoms with Gasteiger partial charge in [0.05, 0.1) is 14.2 Å². The largest absolute Gasteiger partial charge is 0.493 e. The van der Waals surface area contributed by atoms with Gasteiger partial charge in [-0.15, -0.1) is 0 Å². The standard InChI is InChI=1S/C13H22N2O2/c1-4-9(8-14)13(15)10-5-6-11(16-2)12(7-10)17-3/h5-7,9,13H,4,8,14-15H2,1-3H3. The van der Waals surface area contributed by atoms with E-state index in [9.17, 15) is 0 Å². The summed E-state index contributed by atoms with van der Waals surface area (Å²) in [5.41, 5.74) is 12.9. The summed E-state index contributed by atoms with van der Waals surface area (Å²) in [5, 5.41) is 0. The number of rotatable bonds is 6. The second kappa shape index (κ2) is 6.47. The van der Waals surface area contributed by atoms with Gasteiger partial charge in [0.2, 0.25) is 0 Å². The lowest BCUT2D eigenvalue weighted by molar-refractivity contribution is 0.352. The smallest absolute Gasteiger partial charge is 0.161 e. The summed E-state index contributed by atoms with van der Waals surface area (Å²) in [6, 6.07) is 5.69. The number of hydrogen-bond acceptors (Lipinski definition) is 4. The first kappa shape index (κ1) is 13.8. The van der Waals surface area contributed by atoms with Crippen LogP contribution in [0.15, 0.2) is 18.2 Å². The number of benzene rings is 1. The van der Waals surface area contributed by atoms with E-state index in [2.05, 4.69) is 6.92 Å². The molecule has 0 amide bonds. The molecule has 96 valence electrons. The molecule has 0 fully saturated rings. The molecular weight excluding hydrogens is 216 g/mol. The Morgan fingerprint density at radius 3 is 2.29 bits per heavy atom. The van der Waals surface area contributed by atoms with Crippen molar-refractivity contribution >= 4 is 0 Å². The molecule has 2 unspecified atom stereocenters. The van der Waals surface area contributed by atoms with E-state index in [0.717, 1.165) is 12.0 Å². The molecule has 4 N–H and O–H groups in total. The molecule has 0 spiro atoms. The lowest BCUT2D eigenvalue weighted by Crippen LogP contribution is -2.27. The predicted octanol–water partition coefficient (Wildman–Crippen LogP) is 1.69. The van der Waals surface area contributed by atoms with Gasteiger partial charge in [-0.1, -0.05) is 19.4 Å². The average Bonchev–Trinajstić information content (AvgIpc) is 2.39. The molecule has 1 aromatic rings. The number of methoxy groups -OCH3 is 2. The highest BCUT2D eigenvalue weighted by atomic mass is 16.5. The molecule has 0 aromatic heterocycles. The first-order chi connectivity index (χ1) is 8.17. The lowest BCUT2D eigenvalue weighted by atomic mass is 9.91. The van der Waals surface area contributed by atoms with Crippen LogP contribution in [0.2, 0.25) is 0 Å². The van der Waals surface area contributed by atoms with Crippen LogP contribution < -0.4 is 20.9 Å². The minimum atomic E-state index is -0.0650. The van der Waals surface area contributed by atoms with Crippen molar-refractivity contribution in [1.29, 1.82) is 0 Å². The molecule has 0 bridgehead atoms. The normalized spacial score (nSPS) is 14.2. The fourth-order valence-electron chi connectivity index (χ4n) is 1.90. The SMILES string of the molecule is CCC(CN)C(N)c1ccc(OC)c(OC)c1. The summed E-state index contributed by atoms with van der Waals surface area (Å²) in [5.74, 6) is 1.70. The van der Waals surface area contributed by atoms with Crippen LogP contribution >= 0.6 is 0 Å². The summed E-state index contributed by atoms with van der Waals surface area (Å²) < 4.78 is 10.5. The van der Waals surface area contributed by atoms with Gasteiger partial charge >= 0.3 is 0 Å². The molecule has 1 rings (SSSR count). The Bertz CT molecular complexity index is 351. The summed E-state index contributed by atoms with van der Waals surface area (Å²) in [6.45, 7) is 2.68. The Morgan fingerprint density at radius 1 is 1.18 bits per heavy atom. The molecule has 0 heterocycles. The van der Waals surface area contributed by atoms with E-state index in [0.29, 0.717) is 18.0 Å². The summed E-state index contributed by atoms with van der Waals surface area (Å²) in [7, 11) is 3.24. The molecule has 4 heteroatoms. The molecule has 0 aliphatic rings. The van der Waals surface area contributed by atoms with Crippen molar-refractivity contribution in [1.82, 2.24) is 0 Å². The van der Waals surface area contributed by atoms with Crippen molar-refractivity contribution in [2.24, 2.45) is 17.4 Å². The summed E-state index contributed by atoms with van der Waals surface area (Å²) in [4.78, 5) is 0. The van der Waals surface area contributed by atoms with Crippen LogP contribution in [0.4, 0.5) is 0 Å². The Morgan fingerprint density at radius 2 is 1.82 bits per heavy atom. The third-order valence-electron chi connectivity index (χ3n) is 3.13. The van der Waals surface area contributed by atoms with Gasteiger partial charge in [-0.3, -0.25) is 0 Å². The number of nitrogens with two attached hydrogens (primary N) is 2. The zero-order chi connectivity index (χ0) is 12.8. The van der Waals surface area contributed by atoms with Gasteiger partial charge in [-0.05, 0) is 30.2 Å². The Hall–Kier alpha value is -1.26. The highest BCUT2D eigenvalue weighted by Crippen LogP contribution is 2.31. The van der Waals surface area contributed by atoms with Crippen molar-refractivity contribution in [2.75, 3.05) is 20.8 Å². The van der Waals surface area contributed by atoms with Crippen LogP contribution in [0.25, 0.3) is 0 Å². The van der Waals surface area contributed by atoms with Crippen molar-refractivity contribution in [3.05, 3.63) is 23.8 Å². The van der Waals surface area contributed by atoms with Gasteiger partial charge in [0.25, 0.3) is 0 Å². The zero-order valence-corrected chi connectivity index (χ0v) is 10.8. The van der Waals surface area contributed by atoms with E-state index in [4.69, 9.17) is 20.9 Å². The van der Waals surface area contributed by atoms with Crippen LogP contribution in [0, 0.1) is 5.92 Å². The van der Waals surface area contributed by atoms with E-state index in [-0.39, 0.29) is 12.0 Å². The van der Waals surface area contributed by atoms with E-state index < -0.39 is 0 Å². The van der Waals surface area contributed by atoms with Gasteiger partial charge in [-0.25, -0.2) is 0 Å². The molecule has 2 atom stereocenters. The van der Waals surface area contributed by atoms with E-state index in [1.165, 1.54) is 0 Å². The van der Waals surface area contributed by atoms with Crippen LogP contribution in [-0.2, 0) is 0 Å². The van der Waals surface area contributed by atoms with E-state index >= 15 is 0 Å². The quantitative estimate of drug-likeness (QED) is 0.791. The van der Waals surface area contributed by atoms with Gasteiger partial charge < -0.3 is 20.9 Å². The molecule has 0 saturated carbocycles.